The van der Waals surface area contributed by atoms with Crippen LogP contribution in [0.2, 0.25) is 0 Å². The molecule has 1 aliphatic carbocycles. The number of allylic oxidation sites excluding steroid dienone is 1. The normalized spacial score (nSPS) is 24.3. The second kappa shape index (κ2) is 9.26. The number of carbonyl (C=O) groups excluding carboxylic acids is 2. The Balaban J connectivity index is 0.000000537. The fraction of sp³-hybridized carbons (Fsp3) is 0.562. The number of thioether (sulfide) groups is 1. The minimum Gasteiger partial charge on any atom is -0.726 e. The molecule has 0 spiro atoms. The van der Waals surface area contributed by atoms with Gasteiger partial charge in [-0.1, -0.05) is 23.8 Å². The third-order valence-electron chi connectivity index (χ3n) is 4.63. The van der Waals surface area contributed by atoms with Crippen molar-refractivity contribution in [3.8, 4) is 0 Å². The van der Waals surface area contributed by atoms with Crippen molar-refractivity contribution < 1.29 is 47.5 Å². The van der Waals surface area contributed by atoms with E-state index in [2.05, 4.69) is 5.73 Å². The maximum Gasteiger partial charge on any atom is 0.353 e. The molecule has 1 saturated heterocycles. The highest BCUT2D eigenvalue weighted by Crippen LogP contribution is 2.47. The Morgan fingerprint density at radius 1 is 1.31 bits per heavy atom. The van der Waals surface area contributed by atoms with Gasteiger partial charge < -0.3 is 20.1 Å². The molecule has 11 nitrogen and oxygen atoms in total. The van der Waals surface area contributed by atoms with Gasteiger partial charge in [0.15, 0.2) is 5.37 Å². The standard InChI is InChI=1S/C16H20N2O5S.H2O4S/c1-8(19)23-7-10-12(16(21)22)18-14(20)11(15(18)24-13(10)17)9-5-3-2-4-6-9;1-5(2,3)4/h13,15H,2-7,17H2,1H3,(H,21,22);(H2,1,2,3,4)/t13?,15-;/m1./s1. The molecule has 29 heavy (non-hydrogen) atoms. The van der Waals surface area contributed by atoms with Gasteiger partial charge in [0.2, 0.25) is 10.4 Å². The molecule has 3 aliphatic rings. The quantitative estimate of drug-likeness (QED) is 0.168. The molecule has 0 bridgehead atoms. The molecule has 2 fully saturated rings. The van der Waals surface area contributed by atoms with Gasteiger partial charge in [-0.3, -0.25) is 19.0 Å². The fourth-order valence-corrected chi connectivity index (χ4v) is 4.83. The Labute approximate surface area is 171 Å². The molecule has 2 aliphatic heterocycles. The van der Waals surface area contributed by atoms with Crippen molar-refractivity contribution in [2.24, 2.45) is 0 Å². The van der Waals surface area contributed by atoms with E-state index >= 15 is 0 Å². The largest absolute Gasteiger partial charge is 0.726 e. The molecule has 5 N–H and O–H groups in total. The predicted molar refractivity (Wildman–Crippen MR) is 98.6 cm³/mol. The molecule has 1 unspecified atom stereocenters. The second-order valence-corrected chi connectivity index (χ2v) is 8.76. The first kappa shape index (κ1) is 23.3. The highest BCUT2D eigenvalue weighted by molar-refractivity contribution is 8.00. The third-order valence-corrected chi connectivity index (χ3v) is 5.95. The van der Waals surface area contributed by atoms with E-state index in [-0.39, 0.29) is 29.0 Å². The lowest BCUT2D eigenvalue weighted by molar-refractivity contribution is -0.375. The van der Waals surface area contributed by atoms with Gasteiger partial charge in [0.25, 0.3) is 5.91 Å². The van der Waals surface area contributed by atoms with E-state index in [1.165, 1.54) is 35.6 Å². The number of quaternary nitrogens is 1. The van der Waals surface area contributed by atoms with Crippen LogP contribution in [0.15, 0.2) is 22.4 Å². The summed E-state index contributed by atoms with van der Waals surface area (Å²) >= 11 is 1.45. The number of esters is 1. The minimum absolute atomic E-state index is 0.0786. The molecule has 0 aromatic carbocycles. The van der Waals surface area contributed by atoms with Crippen LogP contribution in [0.3, 0.4) is 0 Å². The van der Waals surface area contributed by atoms with Crippen molar-refractivity contribution in [3.63, 3.8) is 0 Å². The second-order valence-electron chi connectivity index (χ2n) is 6.62. The van der Waals surface area contributed by atoms with Crippen molar-refractivity contribution in [2.45, 2.75) is 49.8 Å². The van der Waals surface area contributed by atoms with Crippen LogP contribution in [0.5, 0.6) is 0 Å². The van der Waals surface area contributed by atoms with Crippen molar-refractivity contribution >= 4 is 40.0 Å². The Morgan fingerprint density at radius 2 is 1.86 bits per heavy atom. The lowest BCUT2D eigenvalue weighted by Gasteiger charge is -2.47. The van der Waals surface area contributed by atoms with E-state index in [0.29, 0.717) is 5.57 Å². The molecule has 3 rings (SSSR count). The maximum atomic E-state index is 12.6. The van der Waals surface area contributed by atoms with Crippen molar-refractivity contribution in [2.75, 3.05) is 6.61 Å². The van der Waals surface area contributed by atoms with Gasteiger partial charge in [-0.05, 0) is 25.7 Å². The number of amides is 1. The van der Waals surface area contributed by atoms with Gasteiger partial charge in [-0.25, -0.2) is 13.2 Å². The Morgan fingerprint density at radius 3 is 2.34 bits per heavy atom. The number of rotatable bonds is 3. The summed E-state index contributed by atoms with van der Waals surface area (Å²) in [5.74, 6) is -1.90. The fourth-order valence-electron chi connectivity index (χ4n) is 3.45. The van der Waals surface area contributed by atoms with Crippen LogP contribution in [0.25, 0.3) is 0 Å². The van der Waals surface area contributed by atoms with Crippen LogP contribution >= 0.6 is 11.8 Å². The van der Waals surface area contributed by atoms with Gasteiger partial charge in [-0.2, -0.15) is 0 Å². The third kappa shape index (κ3) is 5.79. The summed E-state index contributed by atoms with van der Waals surface area (Å²) in [7, 11) is -4.92. The molecule has 1 amide bonds. The summed E-state index contributed by atoms with van der Waals surface area (Å²) in [6.07, 6.45) is 5.17. The number of hydrogen-bond acceptors (Lipinski definition) is 8. The number of carbonyl (C=O) groups is 3. The number of nitrogens with zero attached hydrogens (tertiary/aromatic N) is 1. The molecule has 162 valence electrons. The van der Waals surface area contributed by atoms with Crippen LogP contribution < -0.4 is 5.73 Å². The molecular weight excluding hydrogens is 428 g/mol. The lowest BCUT2D eigenvalue weighted by atomic mass is 9.86. The number of aliphatic carboxylic acids is 1. The Kier molecular flexibility index (Phi) is 7.45. The van der Waals surface area contributed by atoms with Crippen molar-refractivity contribution in [3.05, 3.63) is 22.4 Å². The smallest absolute Gasteiger partial charge is 0.353 e. The number of hydrogen-bond donors (Lipinski definition) is 3. The summed E-state index contributed by atoms with van der Waals surface area (Å²) in [5, 5.41) is 8.93. The van der Waals surface area contributed by atoms with Crippen LogP contribution in [0, 0.1) is 0 Å². The summed E-state index contributed by atoms with van der Waals surface area (Å²) in [6, 6.07) is 0. The molecule has 0 radical (unpaired) electrons. The Hall–Kier alpha value is -1.93. The first-order valence-electron chi connectivity index (χ1n) is 8.73. The summed E-state index contributed by atoms with van der Waals surface area (Å²) in [6.45, 7) is 1.11. The summed E-state index contributed by atoms with van der Waals surface area (Å²) in [4.78, 5) is 36.7. The summed E-state index contributed by atoms with van der Waals surface area (Å²) in [5.41, 5.74) is 6.23. The first-order valence-corrected chi connectivity index (χ1v) is 11.0. The highest BCUT2D eigenvalue weighted by Gasteiger charge is 2.53. The van der Waals surface area contributed by atoms with Crippen LogP contribution in [-0.4, -0.2) is 62.7 Å². The van der Waals surface area contributed by atoms with E-state index < -0.39 is 22.3 Å². The number of ether oxygens (including phenoxy) is 1. The van der Waals surface area contributed by atoms with Gasteiger partial charge in [0.05, 0.1) is 11.1 Å². The van der Waals surface area contributed by atoms with Gasteiger partial charge in [0, 0.05) is 6.92 Å². The molecule has 2 atom stereocenters. The summed E-state index contributed by atoms with van der Waals surface area (Å²) < 4.78 is 37.8. The topological polar surface area (TPSA) is 189 Å². The number of carboxylic acid groups (broad SMARTS) is 1. The van der Waals surface area contributed by atoms with Crippen LogP contribution in [0.1, 0.15) is 39.0 Å². The zero-order valence-electron chi connectivity index (χ0n) is 15.6. The van der Waals surface area contributed by atoms with Gasteiger partial charge in [0.1, 0.15) is 17.7 Å². The van der Waals surface area contributed by atoms with E-state index in [9.17, 15) is 19.5 Å². The number of fused-ring (bicyclic) bond motifs is 1. The number of carboxylic acids is 1. The molecule has 2 heterocycles. The van der Waals surface area contributed by atoms with E-state index in [1.54, 1.807) is 0 Å². The Bertz CT molecular complexity index is 863. The zero-order valence-corrected chi connectivity index (χ0v) is 17.3. The maximum absolute atomic E-state index is 12.6. The SMILES string of the molecule is CC(=O)OCC1=C(C(=O)O)N2C(=O)C(=C3CCCCC3)[C@H]2SC1[NH3+].O=S(=O)([O-])O. The van der Waals surface area contributed by atoms with E-state index in [4.69, 9.17) is 22.3 Å². The molecular formula is C16H22N2O9S2. The molecule has 0 aromatic rings. The average molecular weight is 450 g/mol. The van der Waals surface area contributed by atoms with E-state index in [0.717, 1.165) is 31.3 Å². The molecule has 0 aromatic heterocycles. The first-order chi connectivity index (χ1) is 13.4. The molecule has 1 saturated carbocycles. The van der Waals surface area contributed by atoms with Gasteiger partial charge in [-0.15, -0.1) is 0 Å². The monoisotopic (exact) mass is 450 g/mol. The lowest BCUT2D eigenvalue weighted by Crippen LogP contribution is -2.68. The number of β-lactam (4-membered cyclic amide) rings is 1. The highest BCUT2D eigenvalue weighted by atomic mass is 32.3. The van der Waals surface area contributed by atoms with Crippen LogP contribution in [-0.2, 0) is 29.5 Å². The predicted octanol–water partition coefficient (Wildman–Crippen LogP) is -0.363. The van der Waals surface area contributed by atoms with Crippen molar-refractivity contribution in [1.29, 1.82) is 0 Å². The minimum atomic E-state index is -4.92. The average Bonchev–Trinajstić information content (AvgIpc) is 2.59. The van der Waals surface area contributed by atoms with E-state index in [1.807, 2.05) is 0 Å². The zero-order chi connectivity index (χ0) is 21.9. The van der Waals surface area contributed by atoms with Gasteiger partial charge >= 0.3 is 11.9 Å². The molecule has 13 heteroatoms. The van der Waals surface area contributed by atoms with Crippen molar-refractivity contribution in [1.82, 2.24) is 4.90 Å². The van der Waals surface area contributed by atoms with Crippen LogP contribution in [0.4, 0.5) is 0 Å².